The summed E-state index contributed by atoms with van der Waals surface area (Å²) in [6, 6.07) is 8.63. The Morgan fingerprint density at radius 3 is 2.82 bits per heavy atom. The molecule has 1 N–H and O–H groups in total. The maximum Gasteiger partial charge on any atom is 0.162 e. The van der Waals surface area contributed by atoms with Crippen LogP contribution in [0.25, 0.3) is 0 Å². The molecule has 92 valence electrons. The second-order valence-electron chi connectivity index (χ2n) is 4.89. The highest BCUT2D eigenvalue weighted by molar-refractivity contribution is 5.35. The van der Waals surface area contributed by atoms with Crippen LogP contribution in [-0.4, -0.2) is 26.5 Å². The average Bonchev–Trinajstić information content (AvgIpc) is 2.40. The van der Waals surface area contributed by atoms with Gasteiger partial charge in [0, 0.05) is 13.5 Å². The summed E-state index contributed by atoms with van der Waals surface area (Å²) in [5.41, 5.74) is 2.63. The van der Waals surface area contributed by atoms with E-state index < -0.39 is 0 Å². The minimum Gasteiger partial charge on any atom is -0.356 e. The van der Waals surface area contributed by atoms with Crippen molar-refractivity contribution >= 4 is 0 Å². The van der Waals surface area contributed by atoms with E-state index in [1.54, 1.807) is 7.11 Å². The lowest BCUT2D eigenvalue weighted by Gasteiger charge is -2.44. The molecule has 1 spiro atoms. The van der Waals surface area contributed by atoms with Gasteiger partial charge in [0.25, 0.3) is 0 Å². The van der Waals surface area contributed by atoms with Crippen LogP contribution in [0, 0.1) is 0 Å². The van der Waals surface area contributed by atoms with Crippen LogP contribution < -0.4 is 5.32 Å². The van der Waals surface area contributed by atoms with E-state index in [2.05, 4.69) is 29.6 Å². The number of methoxy groups -OCH3 is 1. The number of rotatable bonds is 1. The van der Waals surface area contributed by atoms with E-state index in [0.717, 1.165) is 32.4 Å². The normalized spacial score (nSPS) is 26.8. The zero-order valence-corrected chi connectivity index (χ0v) is 10.2. The monoisotopic (exact) mass is 233 g/mol. The van der Waals surface area contributed by atoms with Crippen molar-refractivity contribution in [3.05, 3.63) is 35.4 Å². The summed E-state index contributed by atoms with van der Waals surface area (Å²) in [6.45, 7) is 2.04. The van der Waals surface area contributed by atoms with E-state index in [1.165, 1.54) is 11.1 Å². The molecule has 0 unspecified atom stereocenters. The van der Waals surface area contributed by atoms with Crippen molar-refractivity contribution in [3.63, 3.8) is 0 Å². The van der Waals surface area contributed by atoms with Gasteiger partial charge in [-0.1, -0.05) is 24.3 Å². The van der Waals surface area contributed by atoms with Crippen LogP contribution in [0.3, 0.4) is 0 Å². The number of fused-ring (bicyclic) bond motifs is 2. The molecule has 0 bridgehead atoms. The summed E-state index contributed by atoms with van der Waals surface area (Å²) in [5.74, 6) is 0. The fraction of sp³-hybridized carbons (Fsp3) is 0.571. The van der Waals surface area contributed by atoms with Gasteiger partial charge in [0.2, 0.25) is 0 Å². The average molecular weight is 233 g/mol. The van der Waals surface area contributed by atoms with Crippen LogP contribution in [0.15, 0.2) is 24.3 Å². The van der Waals surface area contributed by atoms with E-state index in [-0.39, 0.29) is 11.9 Å². The first kappa shape index (κ1) is 11.2. The van der Waals surface area contributed by atoms with E-state index in [0.29, 0.717) is 0 Å². The smallest absolute Gasteiger partial charge is 0.162 e. The van der Waals surface area contributed by atoms with Crippen LogP contribution in [0.2, 0.25) is 0 Å². The minimum absolute atomic E-state index is 0.0944. The highest BCUT2D eigenvalue weighted by atomic mass is 16.7. The predicted octanol–water partition coefficient (Wildman–Crippen LogP) is 1.81. The molecular weight excluding hydrogens is 214 g/mol. The van der Waals surface area contributed by atoms with Crippen LogP contribution in [-0.2, 0) is 21.5 Å². The third-order valence-corrected chi connectivity index (χ3v) is 3.93. The van der Waals surface area contributed by atoms with Gasteiger partial charge in [-0.05, 0) is 37.1 Å². The number of hydrogen-bond donors (Lipinski definition) is 1. The lowest BCUT2D eigenvalue weighted by atomic mass is 9.79. The molecule has 0 aliphatic carbocycles. The molecule has 2 heterocycles. The van der Waals surface area contributed by atoms with Gasteiger partial charge in [0.15, 0.2) is 6.29 Å². The summed E-state index contributed by atoms with van der Waals surface area (Å²) < 4.78 is 11.7. The Morgan fingerprint density at radius 2 is 2.06 bits per heavy atom. The molecule has 0 saturated carbocycles. The molecule has 1 saturated heterocycles. The van der Waals surface area contributed by atoms with Gasteiger partial charge in [-0.3, -0.25) is 0 Å². The predicted molar refractivity (Wildman–Crippen MR) is 65.8 cm³/mol. The van der Waals surface area contributed by atoms with E-state index >= 15 is 0 Å². The summed E-state index contributed by atoms with van der Waals surface area (Å²) in [5, 5.41) is 3.40. The molecule has 0 aromatic heterocycles. The second kappa shape index (κ2) is 4.41. The molecule has 1 atom stereocenters. The quantitative estimate of drug-likeness (QED) is 0.802. The van der Waals surface area contributed by atoms with E-state index in [1.807, 2.05) is 0 Å². The van der Waals surface area contributed by atoms with Crippen molar-refractivity contribution in [1.29, 1.82) is 0 Å². The summed E-state index contributed by atoms with van der Waals surface area (Å²) in [7, 11) is 1.73. The molecule has 1 fully saturated rings. The first-order valence-corrected chi connectivity index (χ1v) is 6.34. The van der Waals surface area contributed by atoms with Gasteiger partial charge in [0.1, 0.15) is 0 Å². The third kappa shape index (κ3) is 1.88. The molecule has 2 aliphatic heterocycles. The maximum absolute atomic E-state index is 6.23. The van der Waals surface area contributed by atoms with E-state index in [9.17, 15) is 0 Å². The van der Waals surface area contributed by atoms with Crippen molar-refractivity contribution in [2.45, 2.75) is 31.2 Å². The van der Waals surface area contributed by atoms with Crippen molar-refractivity contribution in [1.82, 2.24) is 5.32 Å². The lowest BCUT2D eigenvalue weighted by molar-refractivity contribution is -0.221. The van der Waals surface area contributed by atoms with Gasteiger partial charge >= 0.3 is 0 Å². The number of piperidine rings is 1. The standard InChI is InChI=1S/C14H19NO2/c1-16-13-10-11-4-2-3-5-12(11)14(17-13)6-8-15-9-7-14/h2-5,13,15H,6-10H2,1H3/t13-/m1/s1. The molecule has 1 aromatic carbocycles. The first-order valence-electron chi connectivity index (χ1n) is 6.34. The first-order chi connectivity index (χ1) is 8.34. The molecule has 0 radical (unpaired) electrons. The van der Waals surface area contributed by atoms with Gasteiger partial charge in [-0.25, -0.2) is 0 Å². The Kier molecular flexibility index (Phi) is 2.90. The van der Waals surface area contributed by atoms with Gasteiger partial charge in [-0.2, -0.15) is 0 Å². The highest BCUT2D eigenvalue weighted by Gasteiger charge is 2.42. The Hall–Kier alpha value is -0.900. The zero-order chi connectivity index (χ0) is 11.7. The molecule has 2 aliphatic rings. The third-order valence-electron chi connectivity index (χ3n) is 3.93. The zero-order valence-electron chi connectivity index (χ0n) is 10.2. The summed E-state index contributed by atoms with van der Waals surface area (Å²) >= 11 is 0. The number of benzene rings is 1. The van der Waals surface area contributed by atoms with Crippen LogP contribution in [0.1, 0.15) is 24.0 Å². The fourth-order valence-electron chi connectivity index (χ4n) is 3.03. The summed E-state index contributed by atoms with van der Waals surface area (Å²) in [4.78, 5) is 0. The van der Waals surface area contributed by atoms with Crippen LogP contribution >= 0.6 is 0 Å². The summed E-state index contributed by atoms with van der Waals surface area (Å²) in [6.07, 6.45) is 2.83. The molecule has 0 amide bonds. The van der Waals surface area contributed by atoms with E-state index in [4.69, 9.17) is 9.47 Å². The van der Waals surface area contributed by atoms with Crippen molar-refractivity contribution in [2.75, 3.05) is 20.2 Å². The number of nitrogens with one attached hydrogen (secondary N) is 1. The molecule has 1 aromatic rings. The Morgan fingerprint density at radius 1 is 1.29 bits per heavy atom. The molecular formula is C14H19NO2. The minimum atomic E-state index is -0.124. The Labute approximate surface area is 102 Å². The van der Waals surface area contributed by atoms with Gasteiger partial charge in [0.05, 0.1) is 5.60 Å². The van der Waals surface area contributed by atoms with Gasteiger partial charge < -0.3 is 14.8 Å². The van der Waals surface area contributed by atoms with Crippen molar-refractivity contribution < 1.29 is 9.47 Å². The second-order valence-corrected chi connectivity index (χ2v) is 4.89. The topological polar surface area (TPSA) is 30.5 Å². The number of ether oxygens (including phenoxy) is 2. The van der Waals surface area contributed by atoms with Crippen molar-refractivity contribution in [3.8, 4) is 0 Å². The SMILES string of the molecule is CO[C@H]1Cc2ccccc2C2(CCNCC2)O1. The Balaban J connectivity index is 2.02. The largest absolute Gasteiger partial charge is 0.356 e. The molecule has 3 nitrogen and oxygen atoms in total. The highest BCUT2D eigenvalue weighted by Crippen LogP contribution is 2.41. The number of hydrogen-bond acceptors (Lipinski definition) is 3. The Bertz CT molecular complexity index is 399. The maximum atomic E-state index is 6.23. The lowest BCUT2D eigenvalue weighted by Crippen LogP contribution is -2.47. The molecule has 3 rings (SSSR count). The van der Waals surface area contributed by atoms with Gasteiger partial charge in [-0.15, -0.1) is 0 Å². The van der Waals surface area contributed by atoms with Crippen LogP contribution in [0.4, 0.5) is 0 Å². The fourth-order valence-corrected chi connectivity index (χ4v) is 3.03. The molecule has 17 heavy (non-hydrogen) atoms. The molecule has 3 heteroatoms. The van der Waals surface area contributed by atoms with Crippen molar-refractivity contribution in [2.24, 2.45) is 0 Å². The van der Waals surface area contributed by atoms with Crippen LogP contribution in [0.5, 0.6) is 0 Å².